The average Bonchev–Trinajstić information content (AvgIpc) is 2.10. The van der Waals surface area contributed by atoms with Gasteiger partial charge in [0.1, 0.15) is 5.82 Å². The van der Waals surface area contributed by atoms with Crippen LogP contribution in [0.25, 0.3) is 0 Å². The van der Waals surface area contributed by atoms with E-state index in [4.69, 9.17) is 0 Å². The molecule has 0 radical (unpaired) electrons. The van der Waals surface area contributed by atoms with Crippen molar-refractivity contribution < 1.29 is 9.18 Å². The van der Waals surface area contributed by atoms with Gasteiger partial charge >= 0.3 is 0 Å². The number of carbonyl (C=O) groups is 1. The highest BCUT2D eigenvalue weighted by Gasteiger charge is 2.09. The molecule has 1 aromatic carbocycles. The molecular weight excluding hydrogens is 261 g/mol. The highest BCUT2D eigenvalue weighted by molar-refractivity contribution is 9.10. The molecule has 1 rings (SSSR count). The van der Waals surface area contributed by atoms with Crippen molar-refractivity contribution in [3.05, 3.63) is 34.1 Å². The summed E-state index contributed by atoms with van der Waals surface area (Å²) in [6.45, 7) is 3.74. The second-order valence-electron chi connectivity index (χ2n) is 3.63. The van der Waals surface area contributed by atoms with E-state index in [-0.39, 0.29) is 24.2 Å². The van der Waals surface area contributed by atoms with Gasteiger partial charge in [-0.3, -0.25) is 4.79 Å². The molecule has 0 spiro atoms. The summed E-state index contributed by atoms with van der Waals surface area (Å²) in [6, 6.07) is 4.66. The molecule has 2 nitrogen and oxygen atoms in total. The van der Waals surface area contributed by atoms with Crippen LogP contribution in [0.5, 0.6) is 0 Å². The third-order valence-corrected chi connectivity index (χ3v) is 2.30. The van der Waals surface area contributed by atoms with E-state index in [9.17, 15) is 9.18 Å². The zero-order valence-corrected chi connectivity index (χ0v) is 10.3. The molecule has 0 saturated heterocycles. The number of halogens is 2. The maximum absolute atomic E-state index is 13.3. The quantitative estimate of drug-likeness (QED) is 0.902. The number of amides is 1. The molecule has 15 heavy (non-hydrogen) atoms. The van der Waals surface area contributed by atoms with Crippen LogP contribution in [-0.2, 0) is 11.2 Å². The number of nitrogens with one attached hydrogen (secondary N) is 1. The van der Waals surface area contributed by atoms with E-state index < -0.39 is 0 Å². The number of hydrogen-bond donors (Lipinski definition) is 1. The first kappa shape index (κ1) is 12.2. The summed E-state index contributed by atoms with van der Waals surface area (Å²) >= 11 is 3.24. The molecule has 0 saturated carbocycles. The molecule has 0 aromatic heterocycles. The molecule has 4 heteroatoms. The van der Waals surface area contributed by atoms with Crippen LogP contribution >= 0.6 is 15.9 Å². The van der Waals surface area contributed by atoms with Gasteiger partial charge in [-0.05, 0) is 37.6 Å². The summed E-state index contributed by atoms with van der Waals surface area (Å²) in [4.78, 5) is 11.4. The fourth-order valence-corrected chi connectivity index (χ4v) is 1.63. The lowest BCUT2D eigenvalue weighted by atomic mass is 10.1. The topological polar surface area (TPSA) is 29.1 Å². The molecule has 1 N–H and O–H groups in total. The average molecular weight is 274 g/mol. The molecule has 1 amide bonds. The van der Waals surface area contributed by atoms with Gasteiger partial charge in [0.2, 0.25) is 5.91 Å². The van der Waals surface area contributed by atoms with Crippen molar-refractivity contribution >= 4 is 21.8 Å². The van der Waals surface area contributed by atoms with E-state index in [0.29, 0.717) is 5.56 Å². The molecule has 0 fully saturated rings. The second-order valence-corrected chi connectivity index (χ2v) is 4.55. The number of hydrogen-bond acceptors (Lipinski definition) is 1. The SMILES string of the molecule is CC(C)NC(=O)Cc1cc(Br)ccc1F. The standard InChI is InChI=1S/C11H13BrFNO/c1-7(2)14-11(15)6-8-5-9(12)3-4-10(8)13/h3-5,7H,6H2,1-2H3,(H,14,15). The van der Waals surface area contributed by atoms with E-state index in [1.54, 1.807) is 12.1 Å². The number of carbonyl (C=O) groups excluding carboxylic acids is 1. The Bertz CT molecular complexity index is 366. The van der Waals surface area contributed by atoms with Crippen molar-refractivity contribution in [2.24, 2.45) is 0 Å². The van der Waals surface area contributed by atoms with Crippen LogP contribution in [0.4, 0.5) is 4.39 Å². The molecule has 0 bridgehead atoms. The molecule has 1 aromatic rings. The van der Waals surface area contributed by atoms with Gasteiger partial charge in [0.25, 0.3) is 0 Å². The maximum atomic E-state index is 13.3. The van der Waals surface area contributed by atoms with Gasteiger partial charge in [0.05, 0.1) is 6.42 Å². The molecular formula is C11H13BrFNO. The zero-order chi connectivity index (χ0) is 11.4. The molecule has 0 heterocycles. The van der Waals surface area contributed by atoms with Gasteiger partial charge in [-0.25, -0.2) is 4.39 Å². The first-order valence-electron chi connectivity index (χ1n) is 4.72. The van der Waals surface area contributed by atoms with Crippen molar-refractivity contribution in [1.29, 1.82) is 0 Å². The predicted molar refractivity (Wildman–Crippen MR) is 61.1 cm³/mol. The summed E-state index contributed by atoms with van der Waals surface area (Å²) in [7, 11) is 0. The minimum Gasteiger partial charge on any atom is -0.354 e. The fraction of sp³-hybridized carbons (Fsp3) is 0.364. The van der Waals surface area contributed by atoms with Gasteiger partial charge < -0.3 is 5.32 Å². The summed E-state index contributed by atoms with van der Waals surface area (Å²) in [5.74, 6) is -0.515. The second kappa shape index (κ2) is 5.26. The lowest BCUT2D eigenvalue weighted by Gasteiger charge is -2.08. The Kier molecular flexibility index (Phi) is 4.27. The Morgan fingerprint density at radius 3 is 2.80 bits per heavy atom. The molecule has 0 aliphatic heterocycles. The number of benzene rings is 1. The third kappa shape index (κ3) is 4.00. The molecule has 0 aliphatic rings. The Morgan fingerprint density at radius 2 is 2.20 bits per heavy atom. The Balaban J connectivity index is 2.71. The maximum Gasteiger partial charge on any atom is 0.224 e. The van der Waals surface area contributed by atoms with E-state index in [0.717, 1.165) is 4.47 Å². The van der Waals surface area contributed by atoms with Crippen LogP contribution in [0.2, 0.25) is 0 Å². The lowest BCUT2D eigenvalue weighted by Crippen LogP contribution is -2.31. The molecule has 82 valence electrons. The normalized spacial score (nSPS) is 10.5. The third-order valence-electron chi connectivity index (χ3n) is 1.81. The van der Waals surface area contributed by atoms with Gasteiger partial charge in [-0.2, -0.15) is 0 Å². The van der Waals surface area contributed by atoms with Crippen LogP contribution in [0.15, 0.2) is 22.7 Å². The summed E-state index contributed by atoms with van der Waals surface area (Å²) in [6.07, 6.45) is 0.0729. The first-order chi connectivity index (χ1) is 6.99. The Hall–Kier alpha value is -0.900. The monoisotopic (exact) mass is 273 g/mol. The minimum atomic E-state index is -0.350. The minimum absolute atomic E-state index is 0.0729. The summed E-state index contributed by atoms with van der Waals surface area (Å²) in [5, 5.41) is 2.72. The van der Waals surface area contributed by atoms with Gasteiger partial charge in [-0.1, -0.05) is 15.9 Å². The lowest BCUT2D eigenvalue weighted by molar-refractivity contribution is -0.120. The van der Waals surface area contributed by atoms with E-state index in [2.05, 4.69) is 21.2 Å². The number of rotatable bonds is 3. The van der Waals surface area contributed by atoms with Crippen LogP contribution < -0.4 is 5.32 Å². The van der Waals surface area contributed by atoms with Gasteiger partial charge in [0.15, 0.2) is 0 Å². The predicted octanol–water partition coefficient (Wildman–Crippen LogP) is 2.66. The van der Waals surface area contributed by atoms with Gasteiger partial charge in [-0.15, -0.1) is 0 Å². The van der Waals surface area contributed by atoms with E-state index >= 15 is 0 Å². The van der Waals surface area contributed by atoms with Gasteiger partial charge in [0, 0.05) is 10.5 Å². The van der Waals surface area contributed by atoms with Crippen molar-refractivity contribution in [1.82, 2.24) is 5.32 Å². The first-order valence-corrected chi connectivity index (χ1v) is 5.51. The highest BCUT2D eigenvalue weighted by Crippen LogP contribution is 2.15. The summed E-state index contributed by atoms with van der Waals surface area (Å²) < 4.78 is 14.0. The van der Waals surface area contributed by atoms with Crippen LogP contribution in [0, 0.1) is 5.82 Å². The van der Waals surface area contributed by atoms with Crippen LogP contribution in [0.1, 0.15) is 19.4 Å². The van der Waals surface area contributed by atoms with E-state index in [1.807, 2.05) is 13.8 Å². The van der Waals surface area contributed by atoms with E-state index in [1.165, 1.54) is 6.07 Å². The largest absolute Gasteiger partial charge is 0.354 e. The fourth-order valence-electron chi connectivity index (χ4n) is 1.22. The van der Waals surface area contributed by atoms with Crippen molar-refractivity contribution in [3.8, 4) is 0 Å². The van der Waals surface area contributed by atoms with Crippen molar-refractivity contribution in [2.45, 2.75) is 26.3 Å². The zero-order valence-electron chi connectivity index (χ0n) is 8.68. The van der Waals surface area contributed by atoms with Crippen molar-refractivity contribution in [3.63, 3.8) is 0 Å². The van der Waals surface area contributed by atoms with Crippen LogP contribution in [-0.4, -0.2) is 11.9 Å². The molecule has 0 unspecified atom stereocenters. The van der Waals surface area contributed by atoms with Crippen LogP contribution in [0.3, 0.4) is 0 Å². The Labute approximate surface area is 97.0 Å². The van der Waals surface area contributed by atoms with Crippen molar-refractivity contribution in [2.75, 3.05) is 0 Å². The summed E-state index contributed by atoms with van der Waals surface area (Å²) in [5.41, 5.74) is 0.405. The Morgan fingerprint density at radius 1 is 1.53 bits per heavy atom. The highest BCUT2D eigenvalue weighted by atomic mass is 79.9. The molecule has 0 atom stereocenters. The molecule has 0 aliphatic carbocycles. The smallest absolute Gasteiger partial charge is 0.224 e.